The number of anilines is 3. The molecule has 0 atom stereocenters. The summed E-state index contributed by atoms with van der Waals surface area (Å²) in [5, 5.41) is 19.4. The van der Waals surface area contributed by atoms with Gasteiger partial charge in [0.15, 0.2) is 0 Å². The lowest BCUT2D eigenvalue weighted by molar-refractivity contribution is -0.383. The van der Waals surface area contributed by atoms with Crippen LogP contribution in [0.3, 0.4) is 0 Å². The van der Waals surface area contributed by atoms with Gasteiger partial charge in [-0.15, -0.1) is 0 Å². The van der Waals surface area contributed by atoms with Crippen LogP contribution in [-0.4, -0.2) is 58.7 Å². The molecule has 2 aromatic carbocycles. The van der Waals surface area contributed by atoms with E-state index in [-0.39, 0.29) is 5.69 Å². The maximum atomic E-state index is 11.9. The Morgan fingerprint density at radius 3 is 2.82 bits per heavy atom. The average Bonchev–Trinajstić information content (AvgIpc) is 3.29. The molecule has 10 heteroatoms. The number of nitrogens with one attached hydrogen (secondary N) is 2. The van der Waals surface area contributed by atoms with Gasteiger partial charge in [-0.3, -0.25) is 10.1 Å². The van der Waals surface area contributed by atoms with Gasteiger partial charge in [0.2, 0.25) is 5.95 Å². The highest BCUT2D eigenvalue weighted by Crippen LogP contribution is 2.39. The highest BCUT2D eigenvalue weighted by Gasteiger charge is 2.22. The third-order valence-electron chi connectivity index (χ3n) is 6.96. The van der Waals surface area contributed by atoms with Crippen molar-refractivity contribution in [1.29, 1.82) is 0 Å². The summed E-state index contributed by atoms with van der Waals surface area (Å²) in [6, 6.07) is 9.57. The van der Waals surface area contributed by atoms with Crippen LogP contribution in [0.25, 0.3) is 22.2 Å². The smallest absolute Gasteiger partial charge is 0.294 e. The number of ether oxygens (including phenoxy) is 1. The summed E-state index contributed by atoms with van der Waals surface area (Å²) in [7, 11) is 5.44. The van der Waals surface area contributed by atoms with Crippen molar-refractivity contribution in [2.75, 3.05) is 44.9 Å². The molecule has 0 aliphatic carbocycles. The molecule has 0 saturated carbocycles. The molecule has 0 saturated heterocycles. The van der Waals surface area contributed by atoms with E-state index in [1.165, 1.54) is 29.6 Å². The first-order valence-electron chi connectivity index (χ1n) is 12.9. The normalized spacial score (nSPS) is 12.7. The second-order valence-corrected chi connectivity index (χ2v) is 9.76. The number of aryl methyl sites for hydroxylation is 3. The number of nitro benzene ring substituents is 1. The van der Waals surface area contributed by atoms with E-state index in [0.717, 1.165) is 49.2 Å². The van der Waals surface area contributed by atoms with Crippen LogP contribution in [0.1, 0.15) is 24.5 Å². The van der Waals surface area contributed by atoms with Crippen LogP contribution >= 0.6 is 0 Å². The van der Waals surface area contributed by atoms with E-state index in [9.17, 15) is 10.1 Å². The fourth-order valence-corrected chi connectivity index (χ4v) is 5.07. The average molecular weight is 516 g/mol. The fourth-order valence-electron chi connectivity index (χ4n) is 5.07. The van der Waals surface area contributed by atoms with Crippen LogP contribution in [0.4, 0.5) is 23.0 Å². The van der Waals surface area contributed by atoms with Crippen LogP contribution in [0.2, 0.25) is 0 Å². The quantitative estimate of drug-likeness (QED) is 0.218. The molecule has 1 aliphatic rings. The molecule has 2 aromatic heterocycles. The lowest BCUT2D eigenvalue weighted by Gasteiger charge is -2.16. The Morgan fingerprint density at radius 2 is 2.08 bits per heavy atom. The Balaban J connectivity index is 1.53. The van der Waals surface area contributed by atoms with E-state index in [1.807, 2.05) is 25.2 Å². The first kappa shape index (κ1) is 25.5. The molecular weight excluding hydrogens is 482 g/mol. The van der Waals surface area contributed by atoms with E-state index < -0.39 is 4.92 Å². The highest BCUT2D eigenvalue weighted by atomic mass is 16.6. The number of aromatic nitrogens is 3. The zero-order valence-electron chi connectivity index (χ0n) is 22.2. The zero-order valence-corrected chi connectivity index (χ0v) is 22.2. The van der Waals surface area contributed by atoms with Crippen molar-refractivity contribution in [3.8, 4) is 17.0 Å². The van der Waals surface area contributed by atoms with Gasteiger partial charge in [0.05, 0.1) is 28.9 Å². The van der Waals surface area contributed by atoms with Gasteiger partial charge >= 0.3 is 0 Å². The summed E-state index contributed by atoms with van der Waals surface area (Å²) in [5.74, 6) is 0.810. The van der Waals surface area contributed by atoms with Crippen LogP contribution in [-0.2, 0) is 19.4 Å². The van der Waals surface area contributed by atoms with Gasteiger partial charge in [-0.05, 0) is 44.5 Å². The number of likely N-dealkylation sites (N-methyl/N-ethyl adjacent to an activating group) is 1. The van der Waals surface area contributed by atoms with Gasteiger partial charge in [0.25, 0.3) is 5.69 Å². The molecule has 0 bridgehead atoms. The molecule has 10 nitrogen and oxygen atoms in total. The van der Waals surface area contributed by atoms with Crippen LogP contribution < -0.4 is 15.4 Å². The Kier molecular flexibility index (Phi) is 7.15. The van der Waals surface area contributed by atoms with E-state index >= 15 is 0 Å². The summed E-state index contributed by atoms with van der Waals surface area (Å²) >= 11 is 0. The minimum absolute atomic E-state index is 0.0496. The van der Waals surface area contributed by atoms with Gasteiger partial charge in [-0.1, -0.05) is 25.1 Å². The van der Waals surface area contributed by atoms with Crippen molar-refractivity contribution >= 4 is 33.9 Å². The molecule has 38 heavy (non-hydrogen) atoms. The molecular formula is C28H33N7O3. The van der Waals surface area contributed by atoms with Gasteiger partial charge in [-0.25, -0.2) is 9.97 Å². The molecule has 0 fully saturated rings. The Bertz CT molecular complexity index is 1500. The number of methoxy groups -OCH3 is 1. The van der Waals surface area contributed by atoms with Crippen molar-refractivity contribution in [2.24, 2.45) is 0 Å². The minimum Gasteiger partial charge on any atom is -0.494 e. The molecule has 0 spiro atoms. The van der Waals surface area contributed by atoms with Crippen LogP contribution in [0.15, 0.2) is 42.7 Å². The third-order valence-corrected chi connectivity index (χ3v) is 6.96. The number of hydrogen-bond donors (Lipinski definition) is 2. The number of rotatable bonds is 10. The second-order valence-electron chi connectivity index (χ2n) is 9.76. The van der Waals surface area contributed by atoms with Gasteiger partial charge < -0.3 is 24.8 Å². The number of nitro groups is 1. The first-order valence-corrected chi connectivity index (χ1v) is 12.9. The summed E-state index contributed by atoms with van der Waals surface area (Å²) in [6.45, 7) is 4.37. The van der Waals surface area contributed by atoms with Crippen molar-refractivity contribution in [1.82, 2.24) is 19.4 Å². The van der Waals surface area contributed by atoms with Gasteiger partial charge in [0, 0.05) is 55.1 Å². The SMILES string of the molecule is CCc1cnc(Nc2cc([N+](=O)[O-])c(NCCN(C)C)cc2OC)nc1-c1cn2c3c(cccc13)CCC2. The van der Waals surface area contributed by atoms with Crippen molar-refractivity contribution in [3.05, 3.63) is 64.0 Å². The summed E-state index contributed by atoms with van der Waals surface area (Å²) in [4.78, 5) is 22.9. The van der Waals surface area contributed by atoms with E-state index in [0.29, 0.717) is 29.6 Å². The van der Waals surface area contributed by atoms with Gasteiger partial charge in [-0.2, -0.15) is 0 Å². The number of hydrogen-bond acceptors (Lipinski definition) is 8. The molecule has 3 heterocycles. The lowest BCUT2D eigenvalue weighted by Crippen LogP contribution is -2.21. The molecule has 0 radical (unpaired) electrons. The zero-order chi connectivity index (χ0) is 26.8. The standard InChI is InChI=1S/C28H33N7O3/c1-5-18-16-30-28(32-26(18)21-17-34-12-7-9-19-8-6-10-20(21)27(19)34)31-23-14-24(35(36)37)22(15-25(23)38-4)29-11-13-33(2)3/h6,8,10,14-17,29H,5,7,9,11-13H2,1-4H3,(H,30,31,32). The molecule has 4 aromatic rings. The van der Waals surface area contributed by atoms with Crippen LogP contribution in [0, 0.1) is 10.1 Å². The summed E-state index contributed by atoms with van der Waals surface area (Å²) in [5.41, 5.74) is 6.39. The molecule has 1 aliphatic heterocycles. The largest absolute Gasteiger partial charge is 0.494 e. The molecule has 0 amide bonds. The van der Waals surface area contributed by atoms with E-state index in [4.69, 9.17) is 9.72 Å². The Labute approximate surface area is 221 Å². The predicted molar refractivity (Wildman–Crippen MR) is 151 cm³/mol. The third kappa shape index (κ3) is 4.87. The summed E-state index contributed by atoms with van der Waals surface area (Å²) in [6.07, 6.45) is 7.00. The highest BCUT2D eigenvalue weighted by molar-refractivity contribution is 5.98. The van der Waals surface area contributed by atoms with Gasteiger partial charge in [0.1, 0.15) is 11.4 Å². The molecule has 5 rings (SSSR count). The topological polar surface area (TPSA) is 110 Å². The maximum absolute atomic E-state index is 11.9. The lowest BCUT2D eigenvalue weighted by atomic mass is 10.0. The van der Waals surface area contributed by atoms with Crippen molar-refractivity contribution in [3.63, 3.8) is 0 Å². The first-order chi connectivity index (χ1) is 18.4. The number of nitrogens with zero attached hydrogens (tertiary/aromatic N) is 5. The second kappa shape index (κ2) is 10.7. The van der Waals surface area contributed by atoms with E-state index in [2.05, 4.69) is 51.5 Å². The monoisotopic (exact) mass is 515 g/mol. The minimum atomic E-state index is -0.400. The molecule has 198 valence electrons. The summed E-state index contributed by atoms with van der Waals surface area (Å²) < 4.78 is 7.91. The van der Waals surface area contributed by atoms with Crippen molar-refractivity contribution in [2.45, 2.75) is 32.7 Å². The number of benzene rings is 2. The van der Waals surface area contributed by atoms with Crippen LogP contribution in [0.5, 0.6) is 5.75 Å². The number of para-hydroxylation sites is 1. The predicted octanol–water partition coefficient (Wildman–Crippen LogP) is 5.24. The Hall–Kier alpha value is -4.18. The maximum Gasteiger partial charge on any atom is 0.294 e. The van der Waals surface area contributed by atoms with Crippen molar-refractivity contribution < 1.29 is 9.66 Å². The molecule has 2 N–H and O–H groups in total. The fraction of sp³-hybridized carbons (Fsp3) is 0.357. The Morgan fingerprint density at radius 1 is 1.24 bits per heavy atom. The molecule has 0 unspecified atom stereocenters. The van der Waals surface area contributed by atoms with E-state index in [1.54, 1.807) is 6.07 Å².